The summed E-state index contributed by atoms with van der Waals surface area (Å²) in [6, 6.07) is 7.03. The molecular weight excluding hydrogens is 396 g/mol. The van der Waals surface area contributed by atoms with Gasteiger partial charge in [0.1, 0.15) is 5.69 Å². The molecule has 1 N–H and O–H groups in total. The molecule has 0 aliphatic carbocycles. The van der Waals surface area contributed by atoms with E-state index >= 15 is 0 Å². The summed E-state index contributed by atoms with van der Waals surface area (Å²) in [6.45, 7) is 5.54. The number of nitriles is 1. The molecule has 2 atom stereocenters. The lowest BCUT2D eigenvalue weighted by atomic mass is 9.76. The highest BCUT2D eigenvalue weighted by Crippen LogP contribution is 2.53. The van der Waals surface area contributed by atoms with Crippen molar-refractivity contribution < 1.29 is 14.3 Å². The first kappa shape index (κ1) is 19.7. The van der Waals surface area contributed by atoms with Gasteiger partial charge in [0.25, 0.3) is 0 Å². The number of anilines is 1. The number of aromatic nitrogens is 1. The number of fused-ring (bicyclic) bond motifs is 5. The van der Waals surface area contributed by atoms with Gasteiger partial charge in [0.15, 0.2) is 0 Å². The van der Waals surface area contributed by atoms with Crippen molar-refractivity contribution in [3.8, 4) is 11.9 Å². The molecule has 1 aromatic heterocycles. The van der Waals surface area contributed by atoms with Crippen LogP contribution in [-0.2, 0) is 9.53 Å². The third kappa shape index (κ3) is 2.86. The van der Waals surface area contributed by atoms with Crippen LogP contribution in [0.25, 0.3) is 0 Å². The van der Waals surface area contributed by atoms with E-state index in [1.807, 2.05) is 13.8 Å². The monoisotopic (exact) mass is 418 g/mol. The van der Waals surface area contributed by atoms with E-state index in [4.69, 9.17) is 9.47 Å². The highest BCUT2D eigenvalue weighted by molar-refractivity contribution is 6.09. The van der Waals surface area contributed by atoms with Crippen LogP contribution in [0.3, 0.4) is 0 Å². The largest absolute Gasteiger partial charge is 0.620 e. The molecule has 4 heterocycles. The second-order valence-electron chi connectivity index (χ2n) is 8.46. The molecule has 1 unspecified atom stereocenters. The second-order valence-corrected chi connectivity index (χ2v) is 8.46. The quantitative estimate of drug-likeness (QED) is 0.603. The molecule has 0 radical (unpaired) electrons. The number of quaternary nitrogens is 1. The number of rotatable bonds is 3. The fourth-order valence-corrected chi connectivity index (χ4v) is 4.51. The maximum atomic E-state index is 13.4. The lowest BCUT2D eigenvalue weighted by Crippen LogP contribution is -2.51. The fraction of sp³-hybridized carbons (Fsp3) is 0.348. The van der Waals surface area contributed by atoms with Gasteiger partial charge in [-0.05, 0) is 25.5 Å². The van der Waals surface area contributed by atoms with Crippen molar-refractivity contribution in [2.45, 2.75) is 19.8 Å². The molecule has 1 aromatic carbocycles. The summed E-state index contributed by atoms with van der Waals surface area (Å²) in [5.41, 5.74) is 4.87. The van der Waals surface area contributed by atoms with Crippen LogP contribution in [0.5, 0.6) is 5.88 Å². The Kier molecular flexibility index (Phi) is 4.38. The zero-order chi connectivity index (χ0) is 21.9. The smallest absolute Gasteiger partial charge is 0.349 e. The maximum absolute atomic E-state index is 13.4. The predicted octanol–water partition coefficient (Wildman–Crippen LogP) is 3.09. The average molecular weight is 418 g/mol. The summed E-state index contributed by atoms with van der Waals surface area (Å²) in [6.07, 6.45) is 1.74. The van der Waals surface area contributed by atoms with Crippen molar-refractivity contribution in [3.05, 3.63) is 63.1 Å². The lowest BCUT2D eigenvalue weighted by molar-refractivity contribution is -0.123. The number of pyridine rings is 1. The van der Waals surface area contributed by atoms with Gasteiger partial charge < -0.3 is 20.0 Å². The van der Waals surface area contributed by atoms with Gasteiger partial charge in [0, 0.05) is 29.4 Å². The normalized spacial score (nSPS) is 24.4. The Bertz CT molecular complexity index is 1190. The molecule has 3 aliphatic rings. The van der Waals surface area contributed by atoms with Gasteiger partial charge in [0.05, 0.1) is 61.2 Å². The molecule has 0 spiro atoms. The van der Waals surface area contributed by atoms with Crippen LogP contribution in [0, 0.1) is 29.4 Å². The van der Waals surface area contributed by atoms with E-state index in [1.54, 1.807) is 18.3 Å². The van der Waals surface area contributed by atoms with Crippen LogP contribution in [0.2, 0.25) is 0 Å². The summed E-state index contributed by atoms with van der Waals surface area (Å²) in [5.74, 6) is -0.290. The molecule has 8 heteroatoms. The summed E-state index contributed by atoms with van der Waals surface area (Å²) in [5, 5.41) is 26.1. The number of allylic oxidation sites excluding steroid dienone is 1. The van der Waals surface area contributed by atoms with Gasteiger partial charge in [-0.25, -0.2) is 9.78 Å². The van der Waals surface area contributed by atoms with Crippen molar-refractivity contribution in [3.63, 3.8) is 0 Å². The molecule has 3 aliphatic heterocycles. The van der Waals surface area contributed by atoms with E-state index in [1.165, 1.54) is 13.1 Å². The Morgan fingerprint density at radius 1 is 1.39 bits per heavy atom. The van der Waals surface area contributed by atoms with E-state index in [9.17, 15) is 15.3 Å². The summed E-state index contributed by atoms with van der Waals surface area (Å²) >= 11 is 0. The minimum absolute atomic E-state index is 0.276. The molecule has 5 rings (SSSR count). The average Bonchev–Trinajstić information content (AvgIpc) is 2.72. The zero-order valence-corrected chi connectivity index (χ0v) is 17.6. The van der Waals surface area contributed by atoms with Crippen LogP contribution < -0.4 is 14.7 Å². The van der Waals surface area contributed by atoms with Gasteiger partial charge in [-0.3, -0.25) is 4.65 Å². The fourth-order valence-electron chi connectivity index (χ4n) is 4.51. The molecular formula is C23H22N4O4. The number of hydroxylamine groups is 2. The van der Waals surface area contributed by atoms with E-state index in [2.05, 4.69) is 16.4 Å². The lowest BCUT2D eigenvalue weighted by Gasteiger charge is -2.45. The topological polar surface area (TPSA) is 107 Å². The molecule has 8 nitrogen and oxygen atoms in total. The Morgan fingerprint density at radius 3 is 2.84 bits per heavy atom. The minimum atomic E-state index is -1.19. The van der Waals surface area contributed by atoms with Gasteiger partial charge in [-0.15, -0.1) is 0 Å². The van der Waals surface area contributed by atoms with Crippen LogP contribution in [0.1, 0.15) is 35.1 Å². The number of benzene rings is 1. The van der Waals surface area contributed by atoms with E-state index in [-0.39, 0.29) is 5.69 Å². The molecule has 0 saturated carbocycles. The van der Waals surface area contributed by atoms with E-state index < -0.39 is 16.5 Å². The summed E-state index contributed by atoms with van der Waals surface area (Å²) < 4.78 is 10.1. The van der Waals surface area contributed by atoms with Gasteiger partial charge >= 0.3 is 5.91 Å². The maximum Gasteiger partial charge on any atom is 0.349 e. The Labute approximate surface area is 179 Å². The molecule has 2 aromatic rings. The number of nitrogens with zero attached hydrogens (tertiary/aromatic N) is 3. The van der Waals surface area contributed by atoms with E-state index in [0.717, 1.165) is 16.8 Å². The number of aryl methyl sites for hydroxylation is 1. The van der Waals surface area contributed by atoms with Gasteiger partial charge in [-0.1, -0.05) is 6.07 Å². The molecule has 0 bridgehead atoms. The van der Waals surface area contributed by atoms with Gasteiger partial charge in [-0.2, -0.15) is 5.26 Å². The van der Waals surface area contributed by atoms with Gasteiger partial charge in [0.2, 0.25) is 5.88 Å². The Morgan fingerprint density at radius 2 is 2.16 bits per heavy atom. The number of carbonyl (C=O) groups excluding carboxylic acids is 1. The molecule has 1 fully saturated rings. The molecule has 31 heavy (non-hydrogen) atoms. The number of likely N-dealkylation sites (N-methyl/N-ethyl adjacent to an activating group) is 1. The van der Waals surface area contributed by atoms with Crippen molar-refractivity contribution in [2.24, 2.45) is 5.92 Å². The number of amides is 1. The first-order valence-corrected chi connectivity index (χ1v) is 10.2. The van der Waals surface area contributed by atoms with Crippen LogP contribution in [-0.4, -0.2) is 37.8 Å². The first-order chi connectivity index (χ1) is 14.8. The second kappa shape index (κ2) is 6.89. The zero-order valence-electron chi connectivity index (χ0n) is 17.6. The number of carbonyl (C=O) groups is 1. The van der Waals surface area contributed by atoms with Crippen molar-refractivity contribution in [1.29, 1.82) is 5.26 Å². The van der Waals surface area contributed by atoms with E-state index in [0.29, 0.717) is 54.0 Å². The Hall–Kier alpha value is -3.25. The third-order valence-corrected chi connectivity index (χ3v) is 6.27. The standard InChI is InChI=1S/C23H22N4O4/c1-12-8-25-22(31-11-15-9-30-10-15)20-19-16-5-4-14(7-24)6-17(16)27(3,29)23(28)18(19)13(2)26-21(12)20/h4-6,8,15,19,26H,9-11H2,1-3H3/t19-,27?/m0/s1. The van der Waals surface area contributed by atoms with Crippen molar-refractivity contribution in [2.75, 3.05) is 32.2 Å². The summed E-state index contributed by atoms with van der Waals surface area (Å²) in [7, 11) is 1.32. The third-order valence-electron chi connectivity index (χ3n) is 6.27. The first-order valence-electron chi connectivity index (χ1n) is 10.2. The van der Waals surface area contributed by atoms with Crippen LogP contribution in [0.4, 0.5) is 11.4 Å². The summed E-state index contributed by atoms with van der Waals surface area (Å²) in [4.78, 5) is 17.9. The molecule has 1 saturated heterocycles. The minimum Gasteiger partial charge on any atom is -0.620 e. The molecule has 1 amide bonds. The predicted molar refractivity (Wildman–Crippen MR) is 114 cm³/mol. The van der Waals surface area contributed by atoms with Crippen LogP contribution >= 0.6 is 0 Å². The Balaban J connectivity index is 1.73. The number of ether oxygens (including phenoxy) is 2. The van der Waals surface area contributed by atoms with Crippen molar-refractivity contribution in [1.82, 2.24) is 9.63 Å². The van der Waals surface area contributed by atoms with Crippen molar-refractivity contribution >= 4 is 17.3 Å². The number of hydrogen-bond acceptors (Lipinski definition) is 7. The number of hydrogen-bond donors (Lipinski definition) is 1. The molecule has 158 valence electrons. The van der Waals surface area contributed by atoms with Crippen LogP contribution in [0.15, 0.2) is 35.7 Å². The number of nitrogens with one attached hydrogen (secondary N) is 1. The highest BCUT2D eigenvalue weighted by Gasteiger charge is 2.48. The highest BCUT2D eigenvalue weighted by atomic mass is 16.6. The SMILES string of the molecule is CC1=C2C(=O)[N+](C)([O-])c3cc(C#N)ccc3[C@@H]2c2c(OCC3COC3)ncc(C)c2N1.